The van der Waals surface area contributed by atoms with Gasteiger partial charge >= 0.3 is 6.09 Å². The molecule has 0 saturated heterocycles. The lowest BCUT2D eigenvalue weighted by Crippen LogP contribution is -2.62. The first-order valence-corrected chi connectivity index (χ1v) is 13.6. The third-order valence-electron chi connectivity index (χ3n) is 11.9. The Balaban J connectivity index is 1.57. The number of hydrogen-bond donors (Lipinski definition) is 2. The molecule has 0 bridgehead atoms. The minimum atomic E-state index is -0.849. The highest BCUT2D eigenvalue weighted by Crippen LogP contribution is 2.75. The molecule has 0 aromatic heterocycles. The summed E-state index contributed by atoms with van der Waals surface area (Å²) < 4.78 is 0. The van der Waals surface area contributed by atoms with Gasteiger partial charge in [-0.05, 0) is 96.7 Å². The van der Waals surface area contributed by atoms with Gasteiger partial charge in [-0.15, -0.1) is 0 Å². The molecular weight excluding hydrogens is 450 g/mol. The highest BCUT2D eigenvalue weighted by molar-refractivity contribution is 6.06. The van der Waals surface area contributed by atoms with Crippen LogP contribution in [0.15, 0.2) is 46.3 Å². The molecule has 0 unspecified atom stereocenters. The maximum Gasteiger partial charge on any atom is 0.407 e. The van der Waals surface area contributed by atoms with Crippen molar-refractivity contribution >= 4 is 11.9 Å². The summed E-state index contributed by atoms with van der Waals surface area (Å²) in [5.74, 6) is 0.106. The normalized spacial score (nSPS) is 43.8. The fourth-order valence-electron chi connectivity index (χ4n) is 9.31. The van der Waals surface area contributed by atoms with Gasteiger partial charge in [0, 0.05) is 24.6 Å². The average Bonchev–Trinajstić information content (AvgIpc) is 2.81. The van der Waals surface area contributed by atoms with Gasteiger partial charge in [-0.25, -0.2) is 4.79 Å². The number of carbonyl (C=O) groups excluding carboxylic acids is 1. The van der Waals surface area contributed by atoms with Gasteiger partial charge in [0.1, 0.15) is 0 Å². The van der Waals surface area contributed by atoms with Gasteiger partial charge in [0.25, 0.3) is 0 Å². The number of ketones is 1. The van der Waals surface area contributed by atoms with Crippen LogP contribution in [0.4, 0.5) is 4.79 Å². The third kappa shape index (κ3) is 3.20. The summed E-state index contributed by atoms with van der Waals surface area (Å²) in [7, 11) is 1.70. The Morgan fingerprint density at radius 3 is 2.36 bits per heavy atom. The molecule has 3 fully saturated rings. The smallest absolute Gasteiger partial charge is 0.407 e. The van der Waals surface area contributed by atoms with E-state index in [9.17, 15) is 19.8 Å². The highest BCUT2D eigenvalue weighted by Gasteiger charge is 2.66. The Morgan fingerprint density at radius 2 is 1.69 bits per heavy atom. The zero-order valence-electron chi connectivity index (χ0n) is 23.1. The molecule has 36 heavy (non-hydrogen) atoms. The van der Waals surface area contributed by atoms with Gasteiger partial charge < -0.3 is 15.1 Å². The molecule has 5 heteroatoms. The number of allylic oxidation sites excluding steroid dienone is 7. The monoisotopic (exact) mass is 493 g/mol. The molecule has 0 heterocycles. The fourth-order valence-corrected chi connectivity index (χ4v) is 9.31. The summed E-state index contributed by atoms with van der Waals surface area (Å²) in [5, 5.41) is 19.9. The molecule has 0 aromatic rings. The molecule has 5 aliphatic rings. The lowest BCUT2D eigenvalue weighted by atomic mass is 9.34. The molecule has 0 aliphatic heterocycles. The number of carboxylic acid groups (broad SMARTS) is 1. The molecule has 2 N–H and O–H groups in total. The standard InChI is InChI=1S/C31H43NO4/c1-19-20-8-9-23-29(4,21(20)16-22(33)25(19)34)13-15-31(6)24-17-27(2,18-32(7)26(35)36)10-11-28(24,3)12-14-30(23,31)5/h8-9,16,24,34H,10-15,17-18H2,1-7H3,(H,35,36)/t24-,27-,28-,29+,30-,31+/m1/s1. The van der Waals surface area contributed by atoms with E-state index in [0.717, 1.165) is 49.7 Å². The Morgan fingerprint density at radius 1 is 1.03 bits per heavy atom. The second-order valence-corrected chi connectivity index (χ2v) is 14.0. The Kier molecular flexibility index (Phi) is 5.36. The number of rotatable bonds is 2. The number of aliphatic hydroxyl groups excluding tert-OH is 1. The minimum absolute atomic E-state index is 0.00977. The first-order valence-electron chi connectivity index (χ1n) is 13.6. The largest absolute Gasteiger partial charge is 0.504 e. The first kappa shape index (κ1) is 25.4. The van der Waals surface area contributed by atoms with Gasteiger partial charge in [-0.2, -0.15) is 0 Å². The van der Waals surface area contributed by atoms with Crippen LogP contribution in [0.25, 0.3) is 0 Å². The zero-order chi connectivity index (χ0) is 26.5. The van der Waals surface area contributed by atoms with Gasteiger partial charge in [0.15, 0.2) is 5.76 Å². The molecule has 5 nitrogen and oxygen atoms in total. The molecule has 0 spiro atoms. The van der Waals surface area contributed by atoms with Crippen molar-refractivity contribution in [2.24, 2.45) is 33.0 Å². The lowest BCUT2D eigenvalue weighted by molar-refractivity contribution is -0.162. The second kappa shape index (κ2) is 7.61. The van der Waals surface area contributed by atoms with Crippen molar-refractivity contribution in [1.82, 2.24) is 4.90 Å². The van der Waals surface area contributed by atoms with Gasteiger partial charge in [-0.3, -0.25) is 4.79 Å². The van der Waals surface area contributed by atoms with E-state index in [1.54, 1.807) is 13.1 Å². The molecule has 196 valence electrons. The molecule has 3 saturated carbocycles. The molecule has 5 rings (SSSR count). The maximum absolute atomic E-state index is 12.7. The van der Waals surface area contributed by atoms with Crippen molar-refractivity contribution in [2.75, 3.05) is 13.6 Å². The van der Waals surface area contributed by atoms with E-state index in [2.05, 4.69) is 46.8 Å². The van der Waals surface area contributed by atoms with Crippen molar-refractivity contribution in [3.05, 3.63) is 46.3 Å². The van der Waals surface area contributed by atoms with Gasteiger partial charge in [0.05, 0.1) is 0 Å². The van der Waals surface area contributed by atoms with E-state index in [1.807, 2.05) is 6.92 Å². The average molecular weight is 494 g/mol. The van der Waals surface area contributed by atoms with Crippen LogP contribution in [0.5, 0.6) is 0 Å². The predicted molar refractivity (Wildman–Crippen MR) is 142 cm³/mol. The van der Waals surface area contributed by atoms with Crippen LogP contribution < -0.4 is 0 Å². The topological polar surface area (TPSA) is 77.8 Å². The molecule has 0 aromatic carbocycles. The quantitative estimate of drug-likeness (QED) is 0.426. The van der Waals surface area contributed by atoms with Crippen molar-refractivity contribution in [3.63, 3.8) is 0 Å². The summed E-state index contributed by atoms with van der Waals surface area (Å²) in [4.78, 5) is 25.8. The SMILES string of the molecule is CC1=C(O)C(=O)C=C2C1=CC=C1[C@@]2(C)CC[C@@]2(C)[C@@H]3C[C@](C)(CN(C)C(=O)O)CC[C@]3(C)CC[C@]12C. The minimum Gasteiger partial charge on any atom is -0.504 e. The van der Waals surface area contributed by atoms with Crippen LogP contribution in [-0.4, -0.2) is 40.6 Å². The first-order chi connectivity index (χ1) is 16.6. The summed E-state index contributed by atoms with van der Waals surface area (Å²) in [6, 6.07) is 0. The van der Waals surface area contributed by atoms with E-state index in [4.69, 9.17) is 0 Å². The van der Waals surface area contributed by atoms with Crippen molar-refractivity contribution in [2.45, 2.75) is 86.5 Å². The second-order valence-electron chi connectivity index (χ2n) is 14.0. The number of carbonyl (C=O) groups is 2. The van der Waals surface area contributed by atoms with Crippen LogP contribution in [0.2, 0.25) is 0 Å². The van der Waals surface area contributed by atoms with Crippen LogP contribution >= 0.6 is 0 Å². The summed E-state index contributed by atoms with van der Waals surface area (Å²) in [6.45, 7) is 14.5. The molecule has 6 atom stereocenters. The number of fused-ring (bicyclic) bond motifs is 7. The Hall–Kier alpha value is -2.30. The summed E-state index contributed by atoms with van der Waals surface area (Å²) in [5.41, 5.74) is 4.33. The predicted octanol–water partition coefficient (Wildman–Crippen LogP) is 7.22. The number of aliphatic hydroxyl groups is 1. The van der Waals surface area contributed by atoms with Crippen LogP contribution in [0.1, 0.15) is 86.5 Å². The van der Waals surface area contributed by atoms with Gasteiger partial charge in [-0.1, -0.05) is 52.3 Å². The van der Waals surface area contributed by atoms with E-state index in [1.165, 1.54) is 16.9 Å². The van der Waals surface area contributed by atoms with E-state index in [0.29, 0.717) is 18.0 Å². The summed E-state index contributed by atoms with van der Waals surface area (Å²) >= 11 is 0. The van der Waals surface area contributed by atoms with E-state index >= 15 is 0 Å². The molecule has 5 aliphatic carbocycles. The summed E-state index contributed by atoms with van der Waals surface area (Å²) in [6.07, 6.45) is 12.9. The highest BCUT2D eigenvalue weighted by atomic mass is 16.4. The van der Waals surface area contributed by atoms with Crippen LogP contribution in [0, 0.1) is 33.0 Å². The number of amides is 1. The third-order valence-corrected chi connectivity index (χ3v) is 11.9. The molecule has 0 radical (unpaired) electrons. The van der Waals surface area contributed by atoms with E-state index < -0.39 is 6.09 Å². The maximum atomic E-state index is 12.7. The Labute approximate surface area is 216 Å². The number of hydrogen-bond acceptors (Lipinski definition) is 3. The van der Waals surface area contributed by atoms with Crippen molar-refractivity contribution < 1.29 is 19.8 Å². The molecule has 1 amide bonds. The van der Waals surface area contributed by atoms with Crippen molar-refractivity contribution in [1.29, 1.82) is 0 Å². The molecular formula is C31H43NO4. The fraction of sp³-hybridized carbons (Fsp3) is 0.677. The van der Waals surface area contributed by atoms with Crippen molar-refractivity contribution in [3.8, 4) is 0 Å². The Bertz CT molecular complexity index is 1170. The number of nitrogens with zero attached hydrogens (tertiary/aromatic N) is 1. The zero-order valence-corrected chi connectivity index (χ0v) is 23.1. The van der Waals surface area contributed by atoms with Crippen LogP contribution in [0.3, 0.4) is 0 Å². The van der Waals surface area contributed by atoms with Gasteiger partial charge in [0.2, 0.25) is 5.78 Å². The van der Waals surface area contributed by atoms with Crippen LogP contribution in [-0.2, 0) is 4.79 Å². The van der Waals surface area contributed by atoms with E-state index in [-0.39, 0.29) is 38.6 Å². The lowest BCUT2D eigenvalue weighted by Gasteiger charge is -2.70.